The summed E-state index contributed by atoms with van der Waals surface area (Å²) >= 11 is 0. The van der Waals surface area contributed by atoms with Gasteiger partial charge in [-0.3, -0.25) is 14.5 Å². The Hall–Kier alpha value is -2.57. The first kappa shape index (κ1) is 20.2. The number of amides is 4. The minimum absolute atomic E-state index is 0.00771. The van der Waals surface area contributed by atoms with Crippen molar-refractivity contribution in [2.75, 3.05) is 13.7 Å². The van der Waals surface area contributed by atoms with Crippen molar-refractivity contribution in [2.45, 2.75) is 63.5 Å². The Morgan fingerprint density at radius 1 is 1.18 bits per heavy atom. The topological polar surface area (TPSA) is 87.7 Å². The van der Waals surface area contributed by atoms with E-state index in [1.54, 1.807) is 7.11 Å². The molecule has 3 rings (SSSR count). The standard InChI is InChI=1S/C21H29N3O4/c1-28-18-11-7-6-8-15(18)12-13-24-20(26)17(23-21(24)27)14-19(25)22-16-9-4-2-3-5-10-16/h6-8,11,16-17H,2-5,9-10,12-14H2,1H3,(H,22,25)(H,23,27)/t17-/m0/s1. The van der Waals surface area contributed by atoms with Crippen LogP contribution in [0.4, 0.5) is 4.79 Å². The molecule has 4 amide bonds. The van der Waals surface area contributed by atoms with Crippen LogP contribution in [0.1, 0.15) is 50.5 Å². The van der Waals surface area contributed by atoms with E-state index in [1.807, 2.05) is 24.3 Å². The summed E-state index contributed by atoms with van der Waals surface area (Å²) in [4.78, 5) is 38.4. The number of hydrogen-bond donors (Lipinski definition) is 2. The quantitative estimate of drug-likeness (QED) is 0.555. The molecule has 1 aliphatic carbocycles. The molecule has 0 bridgehead atoms. The van der Waals surface area contributed by atoms with E-state index in [2.05, 4.69) is 10.6 Å². The largest absolute Gasteiger partial charge is 0.496 e. The smallest absolute Gasteiger partial charge is 0.324 e. The number of para-hydroxylation sites is 1. The Kier molecular flexibility index (Phi) is 6.90. The van der Waals surface area contributed by atoms with E-state index in [-0.39, 0.29) is 30.8 Å². The highest BCUT2D eigenvalue weighted by Gasteiger charge is 2.39. The number of urea groups is 1. The van der Waals surface area contributed by atoms with Gasteiger partial charge in [0.1, 0.15) is 11.8 Å². The third-order valence-corrected chi connectivity index (χ3v) is 5.51. The molecule has 7 nitrogen and oxygen atoms in total. The third kappa shape index (κ3) is 5.03. The van der Waals surface area contributed by atoms with Gasteiger partial charge < -0.3 is 15.4 Å². The van der Waals surface area contributed by atoms with Crippen molar-refractivity contribution in [3.05, 3.63) is 29.8 Å². The minimum atomic E-state index is -0.782. The summed E-state index contributed by atoms with van der Waals surface area (Å²) in [5.74, 6) is 0.224. The summed E-state index contributed by atoms with van der Waals surface area (Å²) in [6.07, 6.45) is 7.15. The van der Waals surface area contributed by atoms with Crippen LogP contribution in [-0.4, -0.2) is 48.5 Å². The van der Waals surface area contributed by atoms with Gasteiger partial charge >= 0.3 is 6.03 Å². The van der Waals surface area contributed by atoms with Crippen molar-refractivity contribution in [3.63, 3.8) is 0 Å². The molecular formula is C21H29N3O4. The van der Waals surface area contributed by atoms with Crippen molar-refractivity contribution < 1.29 is 19.1 Å². The molecule has 0 unspecified atom stereocenters. The number of nitrogens with zero attached hydrogens (tertiary/aromatic N) is 1. The van der Waals surface area contributed by atoms with Crippen LogP contribution in [0.5, 0.6) is 5.75 Å². The second kappa shape index (κ2) is 9.57. The van der Waals surface area contributed by atoms with Gasteiger partial charge in [0.15, 0.2) is 0 Å². The molecule has 0 radical (unpaired) electrons. The number of imide groups is 1. The van der Waals surface area contributed by atoms with Crippen molar-refractivity contribution >= 4 is 17.8 Å². The molecule has 2 N–H and O–H groups in total. The lowest BCUT2D eigenvalue weighted by molar-refractivity contribution is -0.131. The summed E-state index contributed by atoms with van der Waals surface area (Å²) in [5.41, 5.74) is 0.931. The van der Waals surface area contributed by atoms with Crippen LogP contribution in [0.15, 0.2) is 24.3 Å². The Morgan fingerprint density at radius 3 is 2.61 bits per heavy atom. The predicted octanol–water partition coefficient (Wildman–Crippen LogP) is 2.39. The van der Waals surface area contributed by atoms with Gasteiger partial charge in [-0.15, -0.1) is 0 Å². The number of methoxy groups -OCH3 is 1. The van der Waals surface area contributed by atoms with Crippen LogP contribution >= 0.6 is 0 Å². The summed E-state index contributed by atoms with van der Waals surface area (Å²) in [6, 6.07) is 6.49. The number of carbonyl (C=O) groups excluding carboxylic acids is 3. The molecule has 0 aromatic heterocycles. The Bertz CT molecular complexity index is 713. The van der Waals surface area contributed by atoms with Gasteiger partial charge in [-0.05, 0) is 30.9 Å². The van der Waals surface area contributed by atoms with Crippen LogP contribution in [0.25, 0.3) is 0 Å². The molecule has 152 valence electrons. The maximum absolute atomic E-state index is 12.6. The summed E-state index contributed by atoms with van der Waals surface area (Å²) in [5, 5.41) is 5.68. The average molecular weight is 387 g/mol. The van der Waals surface area contributed by atoms with E-state index in [1.165, 1.54) is 17.7 Å². The minimum Gasteiger partial charge on any atom is -0.496 e. The molecular weight excluding hydrogens is 358 g/mol. The molecule has 0 spiro atoms. The average Bonchev–Trinajstić information content (AvgIpc) is 2.85. The monoisotopic (exact) mass is 387 g/mol. The van der Waals surface area contributed by atoms with Crippen LogP contribution < -0.4 is 15.4 Å². The zero-order chi connectivity index (χ0) is 19.9. The molecule has 2 fully saturated rings. The Morgan fingerprint density at radius 2 is 1.89 bits per heavy atom. The molecule has 1 aliphatic heterocycles. The van der Waals surface area contributed by atoms with Gasteiger partial charge in [0.2, 0.25) is 5.91 Å². The van der Waals surface area contributed by atoms with Crippen LogP contribution in [-0.2, 0) is 16.0 Å². The molecule has 28 heavy (non-hydrogen) atoms. The van der Waals surface area contributed by atoms with Gasteiger partial charge in [-0.2, -0.15) is 0 Å². The van der Waals surface area contributed by atoms with E-state index in [9.17, 15) is 14.4 Å². The molecule has 1 atom stereocenters. The molecule has 1 saturated carbocycles. The highest BCUT2D eigenvalue weighted by atomic mass is 16.5. The normalized spacial score (nSPS) is 20.6. The third-order valence-electron chi connectivity index (χ3n) is 5.51. The fourth-order valence-electron chi connectivity index (χ4n) is 3.96. The lowest BCUT2D eigenvalue weighted by Gasteiger charge is -2.17. The van der Waals surface area contributed by atoms with Gasteiger partial charge in [-0.1, -0.05) is 43.9 Å². The first-order valence-electron chi connectivity index (χ1n) is 10.1. The predicted molar refractivity (Wildman–Crippen MR) is 105 cm³/mol. The maximum atomic E-state index is 12.6. The van der Waals surface area contributed by atoms with Gasteiger partial charge in [0, 0.05) is 12.6 Å². The summed E-state index contributed by atoms with van der Waals surface area (Å²) in [6.45, 7) is 0.256. The number of nitrogens with one attached hydrogen (secondary N) is 2. The first-order valence-corrected chi connectivity index (χ1v) is 10.1. The second-order valence-corrected chi connectivity index (χ2v) is 7.51. The number of rotatable bonds is 7. The van der Waals surface area contributed by atoms with Crippen LogP contribution in [0.2, 0.25) is 0 Å². The number of hydrogen-bond acceptors (Lipinski definition) is 4. The number of ether oxygens (including phenoxy) is 1. The number of benzene rings is 1. The summed E-state index contributed by atoms with van der Waals surface area (Å²) in [7, 11) is 1.59. The molecule has 1 heterocycles. The van der Waals surface area contributed by atoms with Gasteiger partial charge in [-0.25, -0.2) is 4.79 Å². The van der Waals surface area contributed by atoms with Gasteiger partial charge in [0.05, 0.1) is 13.5 Å². The highest BCUT2D eigenvalue weighted by molar-refractivity contribution is 6.05. The zero-order valence-corrected chi connectivity index (χ0v) is 16.4. The maximum Gasteiger partial charge on any atom is 0.324 e. The SMILES string of the molecule is COc1ccccc1CCN1C(=O)N[C@@H](CC(=O)NC2CCCCCC2)C1=O. The molecule has 1 aromatic carbocycles. The highest BCUT2D eigenvalue weighted by Crippen LogP contribution is 2.20. The Labute approximate surface area is 165 Å². The zero-order valence-electron chi connectivity index (χ0n) is 16.4. The van der Waals surface area contributed by atoms with Crippen molar-refractivity contribution in [2.24, 2.45) is 0 Å². The van der Waals surface area contributed by atoms with E-state index < -0.39 is 12.1 Å². The van der Waals surface area contributed by atoms with Crippen molar-refractivity contribution in [1.29, 1.82) is 0 Å². The number of carbonyl (C=O) groups is 3. The van der Waals surface area contributed by atoms with Crippen molar-refractivity contribution in [1.82, 2.24) is 15.5 Å². The van der Waals surface area contributed by atoms with Crippen molar-refractivity contribution in [3.8, 4) is 5.75 Å². The van der Waals surface area contributed by atoms with E-state index >= 15 is 0 Å². The Balaban J connectivity index is 1.52. The molecule has 2 aliphatic rings. The van der Waals surface area contributed by atoms with Crippen LogP contribution in [0.3, 0.4) is 0 Å². The molecule has 7 heteroatoms. The fraction of sp³-hybridized carbons (Fsp3) is 0.571. The van der Waals surface area contributed by atoms with E-state index in [0.29, 0.717) is 6.42 Å². The molecule has 1 saturated heterocycles. The second-order valence-electron chi connectivity index (χ2n) is 7.51. The van der Waals surface area contributed by atoms with E-state index in [0.717, 1.165) is 37.0 Å². The lowest BCUT2D eigenvalue weighted by atomic mass is 10.1. The molecule has 1 aromatic rings. The van der Waals surface area contributed by atoms with Gasteiger partial charge in [0.25, 0.3) is 5.91 Å². The first-order chi connectivity index (χ1) is 13.6. The van der Waals surface area contributed by atoms with E-state index in [4.69, 9.17) is 4.74 Å². The summed E-state index contributed by atoms with van der Waals surface area (Å²) < 4.78 is 5.31. The fourth-order valence-corrected chi connectivity index (χ4v) is 3.96. The lowest BCUT2D eigenvalue weighted by Crippen LogP contribution is -2.40. The van der Waals surface area contributed by atoms with Crippen LogP contribution in [0, 0.1) is 0 Å².